The van der Waals surface area contributed by atoms with Crippen molar-refractivity contribution < 1.29 is 4.42 Å². The standard InChI is InChI=1S/C6H9N3O.ClH/c1-4-8-9-5(10-4)6(7)2-3-6;/h2-3,7H2,1H3;1H. The van der Waals surface area contributed by atoms with Crippen LogP contribution in [0.3, 0.4) is 0 Å². The molecule has 2 N–H and O–H groups in total. The van der Waals surface area contributed by atoms with Crippen molar-refractivity contribution in [2.75, 3.05) is 0 Å². The molecular formula is C6H10ClN3O. The predicted octanol–water partition coefficient (Wildman–Crippen LogP) is 0.748. The van der Waals surface area contributed by atoms with Gasteiger partial charge in [0.2, 0.25) is 11.8 Å². The van der Waals surface area contributed by atoms with E-state index in [1.165, 1.54) is 0 Å². The van der Waals surface area contributed by atoms with Gasteiger partial charge in [0.05, 0.1) is 5.54 Å². The Morgan fingerprint density at radius 1 is 1.45 bits per heavy atom. The summed E-state index contributed by atoms with van der Waals surface area (Å²) in [6.07, 6.45) is 1.93. The molecule has 1 aliphatic carbocycles. The van der Waals surface area contributed by atoms with Crippen LogP contribution < -0.4 is 5.73 Å². The van der Waals surface area contributed by atoms with E-state index in [1.807, 2.05) is 0 Å². The first-order valence-electron chi connectivity index (χ1n) is 3.30. The van der Waals surface area contributed by atoms with E-state index in [-0.39, 0.29) is 17.9 Å². The molecule has 0 aromatic carbocycles. The molecule has 0 saturated heterocycles. The molecule has 0 radical (unpaired) electrons. The maximum absolute atomic E-state index is 5.78. The van der Waals surface area contributed by atoms with E-state index in [0.29, 0.717) is 11.8 Å². The van der Waals surface area contributed by atoms with Gasteiger partial charge < -0.3 is 10.2 Å². The summed E-state index contributed by atoms with van der Waals surface area (Å²) in [5.74, 6) is 1.18. The number of aryl methyl sites for hydroxylation is 1. The molecule has 62 valence electrons. The fourth-order valence-electron chi connectivity index (χ4n) is 0.846. The van der Waals surface area contributed by atoms with Gasteiger partial charge in [0.1, 0.15) is 0 Å². The molecule has 5 heteroatoms. The molecule has 0 aliphatic heterocycles. The normalized spacial score (nSPS) is 19.1. The van der Waals surface area contributed by atoms with Crippen molar-refractivity contribution in [3.63, 3.8) is 0 Å². The van der Waals surface area contributed by atoms with Gasteiger partial charge in [-0.1, -0.05) is 0 Å². The Labute approximate surface area is 70.6 Å². The SMILES string of the molecule is Cc1nnc(C2(N)CC2)o1.Cl. The molecule has 0 spiro atoms. The zero-order valence-corrected chi connectivity index (χ0v) is 7.02. The number of rotatable bonds is 1. The second kappa shape index (κ2) is 2.46. The fourth-order valence-corrected chi connectivity index (χ4v) is 0.846. The van der Waals surface area contributed by atoms with Gasteiger partial charge in [0.15, 0.2) is 0 Å². The molecular weight excluding hydrogens is 166 g/mol. The highest BCUT2D eigenvalue weighted by atomic mass is 35.5. The van der Waals surface area contributed by atoms with Crippen LogP contribution in [0, 0.1) is 6.92 Å². The molecule has 0 unspecified atom stereocenters. The zero-order chi connectivity index (χ0) is 7.19. The molecule has 1 heterocycles. The zero-order valence-electron chi connectivity index (χ0n) is 6.20. The first-order chi connectivity index (χ1) is 4.71. The van der Waals surface area contributed by atoms with Crippen LogP contribution in [0.1, 0.15) is 24.6 Å². The number of aromatic nitrogens is 2. The summed E-state index contributed by atoms with van der Waals surface area (Å²) in [6, 6.07) is 0. The van der Waals surface area contributed by atoms with Crippen molar-refractivity contribution in [1.29, 1.82) is 0 Å². The summed E-state index contributed by atoms with van der Waals surface area (Å²) in [5.41, 5.74) is 5.51. The first-order valence-corrected chi connectivity index (χ1v) is 3.30. The van der Waals surface area contributed by atoms with E-state index in [1.54, 1.807) is 6.92 Å². The summed E-state index contributed by atoms with van der Waals surface area (Å²) in [5, 5.41) is 7.53. The molecule has 0 bridgehead atoms. The maximum Gasteiger partial charge on any atom is 0.236 e. The number of hydrogen-bond acceptors (Lipinski definition) is 4. The summed E-state index contributed by atoms with van der Waals surface area (Å²) in [7, 11) is 0. The van der Waals surface area contributed by atoms with Gasteiger partial charge in [-0.2, -0.15) is 0 Å². The molecule has 1 aromatic rings. The van der Waals surface area contributed by atoms with E-state index in [2.05, 4.69) is 10.2 Å². The van der Waals surface area contributed by atoms with E-state index >= 15 is 0 Å². The van der Waals surface area contributed by atoms with E-state index in [0.717, 1.165) is 12.8 Å². The number of hydrogen-bond donors (Lipinski definition) is 1. The van der Waals surface area contributed by atoms with Crippen LogP contribution in [-0.4, -0.2) is 10.2 Å². The van der Waals surface area contributed by atoms with Crippen LogP contribution in [0.4, 0.5) is 0 Å². The molecule has 2 rings (SSSR count). The second-order valence-corrected chi connectivity index (χ2v) is 2.78. The Hall–Kier alpha value is -0.610. The van der Waals surface area contributed by atoms with Gasteiger partial charge in [0, 0.05) is 6.92 Å². The molecule has 1 aromatic heterocycles. The summed E-state index contributed by atoms with van der Waals surface area (Å²) in [4.78, 5) is 0. The number of nitrogens with two attached hydrogens (primary N) is 1. The van der Waals surface area contributed by atoms with Gasteiger partial charge in [-0.05, 0) is 12.8 Å². The molecule has 0 amide bonds. The molecule has 4 nitrogen and oxygen atoms in total. The molecule has 1 saturated carbocycles. The van der Waals surface area contributed by atoms with Crippen LogP contribution >= 0.6 is 12.4 Å². The van der Waals surface area contributed by atoms with Crippen molar-refractivity contribution in [1.82, 2.24) is 10.2 Å². The van der Waals surface area contributed by atoms with E-state index < -0.39 is 0 Å². The third-order valence-corrected chi connectivity index (χ3v) is 1.74. The van der Waals surface area contributed by atoms with Gasteiger partial charge >= 0.3 is 0 Å². The van der Waals surface area contributed by atoms with Crippen molar-refractivity contribution in [2.24, 2.45) is 5.73 Å². The quantitative estimate of drug-likeness (QED) is 0.684. The average molecular weight is 176 g/mol. The Kier molecular flexibility index (Phi) is 1.90. The summed E-state index contributed by atoms with van der Waals surface area (Å²) in [6.45, 7) is 1.77. The molecule has 11 heavy (non-hydrogen) atoms. The summed E-state index contributed by atoms with van der Waals surface area (Å²) >= 11 is 0. The lowest BCUT2D eigenvalue weighted by atomic mass is 10.3. The lowest BCUT2D eigenvalue weighted by Crippen LogP contribution is -2.18. The first kappa shape index (κ1) is 8.49. The Balaban J connectivity index is 0.000000605. The molecule has 1 aliphatic rings. The Morgan fingerprint density at radius 3 is 2.45 bits per heavy atom. The fraction of sp³-hybridized carbons (Fsp3) is 0.667. The minimum Gasteiger partial charge on any atom is -0.424 e. The van der Waals surface area contributed by atoms with Crippen LogP contribution in [-0.2, 0) is 5.54 Å². The highest BCUT2D eigenvalue weighted by Gasteiger charge is 2.45. The summed E-state index contributed by atoms with van der Waals surface area (Å²) < 4.78 is 5.16. The smallest absolute Gasteiger partial charge is 0.236 e. The molecule has 1 fully saturated rings. The van der Waals surface area contributed by atoms with Crippen molar-refractivity contribution in [3.05, 3.63) is 11.8 Å². The minimum atomic E-state index is -0.277. The number of halogens is 1. The van der Waals surface area contributed by atoms with Crippen molar-refractivity contribution >= 4 is 12.4 Å². The van der Waals surface area contributed by atoms with Crippen LogP contribution in [0.2, 0.25) is 0 Å². The molecule has 0 atom stereocenters. The Morgan fingerprint density at radius 2 is 2.09 bits per heavy atom. The maximum atomic E-state index is 5.78. The monoisotopic (exact) mass is 175 g/mol. The average Bonchev–Trinajstić information content (AvgIpc) is 2.45. The van der Waals surface area contributed by atoms with Crippen molar-refractivity contribution in [3.8, 4) is 0 Å². The Bertz CT molecular complexity index is 256. The van der Waals surface area contributed by atoms with E-state index in [4.69, 9.17) is 10.2 Å². The van der Waals surface area contributed by atoms with Gasteiger partial charge in [-0.25, -0.2) is 0 Å². The van der Waals surface area contributed by atoms with Crippen LogP contribution in [0.25, 0.3) is 0 Å². The second-order valence-electron chi connectivity index (χ2n) is 2.78. The van der Waals surface area contributed by atoms with Crippen LogP contribution in [0.5, 0.6) is 0 Å². The van der Waals surface area contributed by atoms with Crippen LogP contribution in [0.15, 0.2) is 4.42 Å². The van der Waals surface area contributed by atoms with Gasteiger partial charge in [-0.3, -0.25) is 0 Å². The highest BCUT2D eigenvalue weighted by Crippen LogP contribution is 2.41. The topological polar surface area (TPSA) is 64.9 Å². The minimum absolute atomic E-state index is 0. The van der Waals surface area contributed by atoms with Gasteiger partial charge in [-0.15, -0.1) is 22.6 Å². The highest BCUT2D eigenvalue weighted by molar-refractivity contribution is 5.85. The van der Waals surface area contributed by atoms with Gasteiger partial charge in [0.25, 0.3) is 0 Å². The third kappa shape index (κ3) is 1.36. The lowest BCUT2D eigenvalue weighted by Gasteiger charge is -1.97. The lowest BCUT2D eigenvalue weighted by molar-refractivity contribution is 0.421. The number of nitrogens with zero attached hydrogens (tertiary/aromatic N) is 2. The largest absolute Gasteiger partial charge is 0.424 e. The third-order valence-electron chi connectivity index (χ3n) is 1.74. The van der Waals surface area contributed by atoms with E-state index in [9.17, 15) is 0 Å². The van der Waals surface area contributed by atoms with Crippen molar-refractivity contribution in [2.45, 2.75) is 25.3 Å². The predicted molar refractivity (Wildman–Crippen MR) is 41.4 cm³/mol.